The Labute approximate surface area is 164 Å². The number of thioether (sulfide) groups is 1. The van der Waals surface area contributed by atoms with Crippen LogP contribution in [0.15, 0.2) is 42.5 Å². The summed E-state index contributed by atoms with van der Waals surface area (Å²) in [6, 6.07) is 10.8. The lowest BCUT2D eigenvalue weighted by atomic mass is 10.2. The van der Waals surface area contributed by atoms with Crippen LogP contribution in [0.2, 0.25) is 5.02 Å². The third-order valence-corrected chi connectivity index (χ3v) is 5.47. The predicted molar refractivity (Wildman–Crippen MR) is 104 cm³/mol. The molecule has 1 N–H and O–H groups in total. The number of ether oxygens (including phenoxy) is 1. The van der Waals surface area contributed by atoms with Gasteiger partial charge in [0.1, 0.15) is 17.4 Å². The van der Waals surface area contributed by atoms with Crippen molar-refractivity contribution in [3.05, 3.63) is 70.1 Å². The molecule has 2 heterocycles. The molecule has 0 bridgehead atoms. The zero-order valence-corrected chi connectivity index (χ0v) is 15.9. The molecule has 0 saturated carbocycles. The summed E-state index contributed by atoms with van der Waals surface area (Å²) in [5.41, 5.74) is 2.89. The van der Waals surface area contributed by atoms with Gasteiger partial charge in [-0.25, -0.2) is 9.07 Å². The molecule has 0 fully saturated rings. The highest BCUT2D eigenvalue weighted by Crippen LogP contribution is 2.36. The van der Waals surface area contributed by atoms with Crippen molar-refractivity contribution in [3.63, 3.8) is 0 Å². The van der Waals surface area contributed by atoms with Crippen molar-refractivity contribution in [1.82, 2.24) is 9.78 Å². The molecule has 0 spiro atoms. The molecule has 0 saturated heterocycles. The van der Waals surface area contributed by atoms with Crippen molar-refractivity contribution >= 4 is 35.1 Å². The number of nitrogens with one attached hydrogen (secondary N) is 1. The van der Waals surface area contributed by atoms with Gasteiger partial charge in [-0.3, -0.25) is 4.79 Å². The van der Waals surface area contributed by atoms with Crippen molar-refractivity contribution in [1.29, 1.82) is 0 Å². The van der Waals surface area contributed by atoms with Crippen LogP contribution in [0.1, 0.15) is 21.6 Å². The minimum absolute atomic E-state index is 0.330. The van der Waals surface area contributed by atoms with E-state index in [2.05, 4.69) is 10.4 Å². The monoisotopic (exact) mass is 403 g/mol. The lowest BCUT2D eigenvalue weighted by molar-refractivity contribution is 0.102. The molecule has 27 heavy (non-hydrogen) atoms. The fraction of sp³-hybridized carbons (Fsp3) is 0.158. The van der Waals surface area contributed by atoms with E-state index in [9.17, 15) is 9.18 Å². The standard InChI is InChI=1S/C19H15ClFN3O2S/c1-26-17-7-2-11(20)8-14(17)19(25)22-18-15-9-27-10-16(15)23-24(18)13-5-3-12(21)4-6-13/h2-8H,9-10H2,1H3,(H,22,25). The topological polar surface area (TPSA) is 56.1 Å². The number of nitrogens with zero attached hydrogens (tertiary/aromatic N) is 2. The Kier molecular flexibility index (Phi) is 4.80. The normalized spacial score (nSPS) is 12.7. The average molecular weight is 404 g/mol. The number of rotatable bonds is 4. The minimum atomic E-state index is -0.350. The lowest BCUT2D eigenvalue weighted by Crippen LogP contribution is -2.17. The Bertz CT molecular complexity index is 1020. The van der Waals surface area contributed by atoms with E-state index in [1.807, 2.05) is 0 Å². The zero-order chi connectivity index (χ0) is 19.0. The molecule has 1 aliphatic rings. The van der Waals surface area contributed by atoms with Gasteiger partial charge in [0, 0.05) is 22.1 Å². The third-order valence-electron chi connectivity index (χ3n) is 4.26. The number of fused-ring (bicyclic) bond motifs is 1. The van der Waals surface area contributed by atoms with Crippen LogP contribution in [0.4, 0.5) is 10.2 Å². The maximum Gasteiger partial charge on any atom is 0.260 e. The van der Waals surface area contributed by atoms with E-state index in [4.69, 9.17) is 16.3 Å². The Balaban J connectivity index is 1.75. The number of halogens is 2. The Morgan fingerprint density at radius 1 is 1.26 bits per heavy atom. The Morgan fingerprint density at radius 2 is 2.04 bits per heavy atom. The second kappa shape index (κ2) is 7.25. The van der Waals surface area contributed by atoms with Crippen LogP contribution in [-0.2, 0) is 11.5 Å². The van der Waals surface area contributed by atoms with E-state index in [0.29, 0.717) is 27.8 Å². The number of carbonyl (C=O) groups excluding carboxylic acids is 1. The Morgan fingerprint density at radius 3 is 2.78 bits per heavy atom. The van der Waals surface area contributed by atoms with E-state index < -0.39 is 0 Å². The lowest BCUT2D eigenvalue weighted by Gasteiger charge is -2.13. The van der Waals surface area contributed by atoms with Crippen LogP contribution in [0.3, 0.4) is 0 Å². The number of methoxy groups -OCH3 is 1. The predicted octanol–water partition coefficient (Wildman–Crippen LogP) is 4.67. The summed E-state index contributed by atoms with van der Waals surface area (Å²) in [6.07, 6.45) is 0. The summed E-state index contributed by atoms with van der Waals surface area (Å²) in [4.78, 5) is 12.9. The highest BCUT2D eigenvalue weighted by atomic mass is 35.5. The fourth-order valence-corrected chi connectivity index (χ4v) is 4.15. The zero-order valence-electron chi connectivity index (χ0n) is 14.3. The molecule has 0 atom stereocenters. The minimum Gasteiger partial charge on any atom is -0.496 e. The molecule has 8 heteroatoms. The van der Waals surface area contributed by atoms with Gasteiger partial charge >= 0.3 is 0 Å². The first-order valence-corrected chi connectivity index (χ1v) is 9.69. The number of anilines is 1. The number of hydrogen-bond donors (Lipinski definition) is 1. The van der Waals surface area contributed by atoms with Gasteiger partial charge in [-0.05, 0) is 42.5 Å². The van der Waals surface area contributed by atoms with E-state index in [1.165, 1.54) is 19.2 Å². The summed E-state index contributed by atoms with van der Waals surface area (Å²) in [7, 11) is 1.50. The van der Waals surface area contributed by atoms with Gasteiger partial charge in [-0.2, -0.15) is 16.9 Å². The number of amides is 1. The third kappa shape index (κ3) is 3.40. The van der Waals surface area contributed by atoms with Crippen molar-refractivity contribution in [3.8, 4) is 11.4 Å². The SMILES string of the molecule is COc1ccc(Cl)cc1C(=O)Nc1c2c(nn1-c1ccc(F)cc1)CSC2. The molecule has 0 aliphatic carbocycles. The highest BCUT2D eigenvalue weighted by Gasteiger charge is 2.26. The van der Waals surface area contributed by atoms with Gasteiger partial charge < -0.3 is 10.1 Å². The highest BCUT2D eigenvalue weighted by molar-refractivity contribution is 7.98. The van der Waals surface area contributed by atoms with Crippen LogP contribution in [-0.4, -0.2) is 22.8 Å². The van der Waals surface area contributed by atoms with E-state index >= 15 is 0 Å². The molecular formula is C19H15ClFN3O2S. The molecule has 1 amide bonds. The summed E-state index contributed by atoms with van der Waals surface area (Å²) >= 11 is 7.77. The van der Waals surface area contributed by atoms with Gasteiger partial charge in [0.25, 0.3) is 5.91 Å². The average Bonchev–Trinajstić information content (AvgIpc) is 3.25. The smallest absolute Gasteiger partial charge is 0.260 e. The van der Waals surface area contributed by atoms with Crippen LogP contribution in [0, 0.1) is 5.82 Å². The summed E-state index contributed by atoms with van der Waals surface area (Å²) in [5.74, 6) is 1.84. The van der Waals surface area contributed by atoms with Gasteiger partial charge in [0.15, 0.2) is 0 Å². The maximum absolute atomic E-state index is 13.3. The van der Waals surface area contributed by atoms with Gasteiger partial charge in [0.05, 0.1) is 24.1 Å². The van der Waals surface area contributed by atoms with Crippen LogP contribution < -0.4 is 10.1 Å². The largest absolute Gasteiger partial charge is 0.496 e. The summed E-state index contributed by atoms with van der Waals surface area (Å²) in [5, 5.41) is 7.98. The van der Waals surface area contributed by atoms with Crippen molar-refractivity contribution in [2.75, 3.05) is 12.4 Å². The number of benzene rings is 2. The van der Waals surface area contributed by atoms with Crippen LogP contribution in [0.25, 0.3) is 5.69 Å². The van der Waals surface area contributed by atoms with Crippen LogP contribution in [0.5, 0.6) is 5.75 Å². The van der Waals surface area contributed by atoms with E-state index in [-0.39, 0.29) is 11.7 Å². The molecule has 0 radical (unpaired) electrons. The molecular weight excluding hydrogens is 389 g/mol. The molecule has 4 rings (SSSR count). The first-order valence-electron chi connectivity index (χ1n) is 8.16. The van der Waals surface area contributed by atoms with E-state index in [1.54, 1.807) is 46.8 Å². The van der Waals surface area contributed by atoms with Gasteiger partial charge in [-0.1, -0.05) is 11.6 Å². The molecule has 5 nitrogen and oxygen atoms in total. The van der Waals surface area contributed by atoms with Crippen molar-refractivity contribution in [2.24, 2.45) is 0 Å². The van der Waals surface area contributed by atoms with Crippen molar-refractivity contribution in [2.45, 2.75) is 11.5 Å². The molecule has 0 unspecified atom stereocenters. The van der Waals surface area contributed by atoms with Crippen molar-refractivity contribution < 1.29 is 13.9 Å². The molecule has 3 aromatic rings. The van der Waals surface area contributed by atoms with E-state index in [0.717, 1.165) is 22.8 Å². The Hall–Kier alpha value is -2.51. The van der Waals surface area contributed by atoms with Gasteiger partial charge in [0.2, 0.25) is 0 Å². The first kappa shape index (κ1) is 17.9. The van der Waals surface area contributed by atoms with Crippen LogP contribution >= 0.6 is 23.4 Å². The number of hydrogen-bond acceptors (Lipinski definition) is 4. The number of aromatic nitrogens is 2. The summed E-state index contributed by atoms with van der Waals surface area (Å²) in [6.45, 7) is 0. The maximum atomic E-state index is 13.3. The second-order valence-corrected chi connectivity index (χ2v) is 7.38. The fourth-order valence-electron chi connectivity index (χ4n) is 2.94. The molecule has 1 aromatic heterocycles. The second-order valence-electron chi connectivity index (χ2n) is 5.95. The summed E-state index contributed by atoms with van der Waals surface area (Å²) < 4.78 is 20.2. The molecule has 138 valence electrons. The quantitative estimate of drug-likeness (QED) is 0.687. The number of carbonyl (C=O) groups is 1. The molecule has 1 aliphatic heterocycles. The first-order chi connectivity index (χ1) is 13.1. The molecule has 2 aromatic carbocycles. The van der Waals surface area contributed by atoms with Gasteiger partial charge in [-0.15, -0.1) is 0 Å².